The molecular weight excluding hydrogens is 300 g/mol. The lowest BCUT2D eigenvalue weighted by Gasteiger charge is -2.24. The van der Waals surface area contributed by atoms with Crippen molar-refractivity contribution in [2.45, 2.75) is 40.2 Å². The molecule has 1 aliphatic rings. The van der Waals surface area contributed by atoms with E-state index in [2.05, 4.69) is 11.1 Å². The van der Waals surface area contributed by atoms with Gasteiger partial charge in [0.2, 0.25) is 0 Å². The molecule has 1 N–H and O–H groups in total. The number of hydrogen-bond acceptors (Lipinski definition) is 2. The number of rotatable bonds is 3. The van der Waals surface area contributed by atoms with Gasteiger partial charge in [-0.15, -0.1) is 0 Å². The minimum Gasteiger partial charge on any atom is -0.359 e. The van der Waals surface area contributed by atoms with Crippen molar-refractivity contribution < 1.29 is 9.53 Å². The van der Waals surface area contributed by atoms with Crippen molar-refractivity contribution in [1.82, 2.24) is 4.98 Å². The average Bonchev–Trinajstić information content (AvgIpc) is 2.95. The number of carbonyl (C=O) groups is 1. The van der Waals surface area contributed by atoms with E-state index >= 15 is 0 Å². The molecular formula is C20H24N2O2. The maximum atomic E-state index is 13.0. The van der Waals surface area contributed by atoms with E-state index in [-0.39, 0.29) is 18.2 Å². The number of nitrogens with zero attached hydrogens (tertiary/aromatic N) is 1. The Labute approximate surface area is 143 Å². The number of fused-ring (bicyclic) bond motifs is 1. The van der Waals surface area contributed by atoms with Gasteiger partial charge in [0.05, 0.1) is 16.9 Å². The molecule has 0 atom stereocenters. The summed E-state index contributed by atoms with van der Waals surface area (Å²) in [6, 6.07) is 9.94. The zero-order valence-corrected chi connectivity index (χ0v) is 14.9. The monoisotopic (exact) mass is 324 g/mol. The zero-order chi connectivity index (χ0) is 17.5. The molecule has 126 valence electrons. The second kappa shape index (κ2) is 5.95. The molecule has 1 aromatic carbocycles. The van der Waals surface area contributed by atoms with Gasteiger partial charge in [-0.05, 0) is 58.4 Å². The molecule has 1 aromatic heterocycles. The van der Waals surface area contributed by atoms with Gasteiger partial charge in [-0.2, -0.15) is 0 Å². The van der Waals surface area contributed by atoms with Crippen molar-refractivity contribution in [2.24, 2.45) is 0 Å². The molecule has 0 unspecified atom stereocenters. The molecule has 24 heavy (non-hydrogen) atoms. The van der Waals surface area contributed by atoms with Gasteiger partial charge in [-0.3, -0.25) is 9.69 Å². The van der Waals surface area contributed by atoms with Crippen LogP contribution < -0.4 is 4.90 Å². The molecule has 4 nitrogen and oxygen atoms in total. The van der Waals surface area contributed by atoms with Crippen LogP contribution in [-0.4, -0.2) is 23.2 Å². The quantitative estimate of drug-likeness (QED) is 0.856. The van der Waals surface area contributed by atoms with Gasteiger partial charge in [0.1, 0.15) is 6.73 Å². The van der Waals surface area contributed by atoms with Crippen molar-refractivity contribution in [3.8, 4) is 0 Å². The summed E-state index contributed by atoms with van der Waals surface area (Å²) < 4.78 is 5.84. The fourth-order valence-electron chi connectivity index (χ4n) is 2.88. The third kappa shape index (κ3) is 3.15. The first-order valence-corrected chi connectivity index (χ1v) is 8.19. The van der Waals surface area contributed by atoms with Crippen LogP contribution in [0.4, 0.5) is 5.69 Å². The lowest BCUT2D eigenvalue weighted by Crippen LogP contribution is -2.34. The normalized spacial score (nSPS) is 16.1. The molecule has 1 aliphatic heterocycles. The smallest absolute Gasteiger partial charge is 0.260 e. The minimum absolute atomic E-state index is 0.0212. The Morgan fingerprint density at radius 2 is 1.92 bits per heavy atom. The van der Waals surface area contributed by atoms with Gasteiger partial charge < -0.3 is 9.72 Å². The van der Waals surface area contributed by atoms with E-state index in [1.165, 1.54) is 0 Å². The third-order valence-electron chi connectivity index (χ3n) is 4.07. The van der Waals surface area contributed by atoms with Gasteiger partial charge in [0.25, 0.3) is 5.91 Å². The molecule has 0 aliphatic carbocycles. The number of anilines is 1. The molecule has 3 rings (SSSR count). The topological polar surface area (TPSA) is 45.3 Å². The van der Waals surface area contributed by atoms with Crippen molar-refractivity contribution in [1.29, 1.82) is 0 Å². The van der Waals surface area contributed by atoms with Gasteiger partial charge >= 0.3 is 0 Å². The first-order valence-electron chi connectivity index (χ1n) is 8.19. The number of aromatic nitrogens is 1. The van der Waals surface area contributed by atoms with Crippen LogP contribution in [0.2, 0.25) is 0 Å². The van der Waals surface area contributed by atoms with Crippen molar-refractivity contribution >= 4 is 23.2 Å². The standard InChI is InChI=1S/C20H24N2O2/c1-13-10-14(2)21-17(13)11-16-15-8-6-7-9-18(15)22(19(16)23)12-24-20(3,4)5/h6-11,21H,12H2,1-5H3/b16-11-. The van der Waals surface area contributed by atoms with Gasteiger partial charge in [0.15, 0.2) is 0 Å². The molecule has 0 bridgehead atoms. The molecule has 0 spiro atoms. The molecule has 0 fully saturated rings. The van der Waals surface area contributed by atoms with Crippen molar-refractivity contribution in [3.05, 3.63) is 52.8 Å². The Bertz CT molecular complexity index is 809. The van der Waals surface area contributed by atoms with Crippen molar-refractivity contribution in [3.63, 3.8) is 0 Å². The second-order valence-corrected chi connectivity index (χ2v) is 7.24. The molecule has 2 heterocycles. The van der Waals surface area contributed by atoms with Crippen LogP contribution in [0.3, 0.4) is 0 Å². The SMILES string of the molecule is Cc1cc(C)c(/C=C2\C(=O)N(COC(C)(C)C)c3ccccc32)[nH]1. The van der Waals surface area contributed by atoms with E-state index in [0.29, 0.717) is 5.57 Å². The predicted octanol–water partition coefficient (Wildman–Crippen LogP) is 4.29. The van der Waals surface area contributed by atoms with E-state index in [9.17, 15) is 4.79 Å². The lowest BCUT2D eigenvalue weighted by atomic mass is 10.1. The average molecular weight is 324 g/mol. The number of H-pyrrole nitrogens is 1. The highest BCUT2D eigenvalue weighted by Gasteiger charge is 2.33. The van der Waals surface area contributed by atoms with Gasteiger partial charge in [-0.1, -0.05) is 18.2 Å². The number of amides is 1. The summed E-state index contributed by atoms with van der Waals surface area (Å²) >= 11 is 0. The number of nitrogens with one attached hydrogen (secondary N) is 1. The van der Waals surface area contributed by atoms with Crippen LogP contribution >= 0.6 is 0 Å². The fraction of sp³-hybridized carbons (Fsp3) is 0.350. The van der Waals surface area contributed by atoms with Crippen LogP contribution in [-0.2, 0) is 9.53 Å². The van der Waals surface area contributed by atoms with Gasteiger partial charge in [-0.25, -0.2) is 0 Å². The summed E-state index contributed by atoms with van der Waals surface area (Å²) in [5.74, 6) is -0.0212. The molecule has 0 saturated heterocycles. The summed E-state index contributed by atoms with van der Waals surface area (Å²) in [4.78, 5) is 18.0. The van der Waals surface area contributed by atoms with E-state index < -0.39 is 0 Å². The number of benzene rings is 1. The molecule has 2 aromatic rings. The van der Waals surface area contributed by atoms with Crippen LogP contribution in [0.5, 0.6) is 0 Å². The number of aromatic amines is 1. The number of carbonyl (C=O) groups excluding carboxylic acids is 1. The maximum Gasteiger partial charge on any atom is 0.260 e. The number of aryl methyl sites for hydroxylation is 2. The van der Waals surface area contributed by atoms with E-state index in [1.807, 2.05) is 65.0 Å². The predicted molar refractivity (Wildman–Crippen MR) is 97.8 cm³/mol. The molecule has 0 radical (unpaired) electrons. The molecule has 4 heteroatoms. The molecule has 0 saturated carbocycles. The Morgan fingerprint density at radius 3 is 2.54 bits per heavy atom. The Hall–Kier alpha value is -2.33. The van der Waals surface area contributed by atoms with Crippen LogP contribution in [0.1, 0.15) is 43.3 Å². The summed E-state index contributed by atoms with van der Waals surface area (Å²) in [7, 11) is 0. The first-order chi connectivity index (χ1) is 11.3. The Kier molecular flexibility index (Phi) is 4.10. The van der Waals surface area contributed by atoms with E-state index in [4.69, 9.17) is 4.74 Å². The van der Waals surface area contributed by atoms with Crippen molar-refractivity contribution in [2.75, 3.05) is 11.6 Å². The van der Waals surface area contributed by atoms with E-state index in [0.717, 1.165) is 28.2 Å². The summed E-state index contributed by atoms with van der Waals surface area (Å²) in [5.41, 5.74) is 5.46. The zero-order valence-electron chi connectivity index (χ0n) is 14.9. The maximum absolute atomic E-state index is 13.0. The Balaban J connectivity index is 2.00. The second-order valence-electron chi connectivity index (χ2n) is 7.24. The van der Waals surface area contributed by atoms with Crippen LogP contribution in [0.15, 0.2) is 30.3 Å². The van der Waals surface area contributed by atoms with E-state index in [1.54, 1.807) is 4.90 Å². The first kappa shape index (κ1) is 16.5. The number of ether oxygens (including phenoxy) is 1. The largest absolute Gasteiger partial charge is 0.359 e. The Morgan fingerprint density at radius 1 is 1.21 bits per heavy atom. The van der Waals surface area contributed by atoms with Crippen LogP contribution in [0.25, 0.3) is 11.6 Å². The molecule has 1 amide bonds. The fourth-order valence-corrected chi connectivity index (χ4v) is 2.88. The summed E-state index contributed by atoms with van der Waals surface area (Å²) in [5, 5.41) is 0. The van der Waals surface area contributed by atoms with Crippen LogP contribution in [0, 0.1) is 13.8 Å². The highest BCUT2D eigenvalue weighted by molar-refractivity contribution is 6.35. The number of para-hydroxylation sites is 1. The highest BCUT2D eigenvalue weighted by atomic mass is 16.5. The summed E-state index contributed by atoms with van der Waals surface area (Å²) in [6.45, 7) is 10.3. The highest BCUT2D eigenvalue weighted by Crippen LogP contribution is 2.38. The lowest BCUT2D eigenvalue weighted by molar-refractivity contribution is -0.115. The summed E-state index contributed by atoms with van der Waals surface area (Å²) in [6.07, 6.45) is 1.95. The third-order valence-corrected chi connectivity index (χ3v) is 4.07. The number of hydrogen-bond donors (Lipinski definition) is 1. The van der Waals surface area contributed by atoms with Gasteiger partial charge in [0, 0.05) is 17.0 Å². The minimum atomic E-state index is -0.297.